The Bertz CT molecular complexity index is 1710. The number of methoxy groups -OCH3 is 2. The summed E-state index contributed by atoms with van der Waals surface area (Å²) in [7, 11) is 8.23. The molecule has 0 aliphatic carbocycles. The highest BCUT2D eigenvalue weighted by atomic mass is 32.1. The lowest BCUT2D eigenvalue weighted by atomic mass is 9.89. The van der Waals surface area contributed by atoms with Gasteiger partial charge in [0.05, 0.1) is 48.7 Å². The number of likely N-dealkylation sites (tertiary alicyclic amines) is 1. The van der Waals surface area contributed by atoms with Gasteiger partial charge in [-0.15, -0.1) is 11.3 Å². The molecule has 5 amide bonds. The number of amides is 5. The number of carbonyl (C=O) groups is 5. The predicted molar refractivity (Wildman–Crippen MR) is 245 cm³/mol. The van der Waals surface area contributed by atoms with Gasteiger partial charge in [0, 0.05) is 46.4 Å². The second-order valence-corrected chi connectivity index (χ2v) is 19.0. The van der Waals surface area contributed by atoms with Crippen molar-refractivity contribution in [1.29, 1.82) is 0 Å². The number of nitrogens with one attached hydrogen (secondary N) is 3. The van der Waals surface area contributed by atoms with Crippen molar-refractivity contribution >= 4 is 40.9 Å². The van der Waals surface area contributed by atoms with Crippen molar-refractivity contribution in [3.63, 3.8) is 0 Å². The number of nitrogens with zero attached hydrogens (tertiary/aromatic N) is 4. The molecule has 0 bridgehead atoms. The van der Waals surface area contributed by atoms with Gasteiger partial charge in [0.15, 0.2) is 0 Å². The molecule has 62 heavy (non-hydrogen) atoms. The van der Waals surface area contributed by atoms with Crippen LogP contribution >= 0.6 is 11.3 Å². The Morgan fingerprint density at radius 2 is 1.48 bits per heavy atom. The van der Waals surface area contributed by atoms with E-state index in [0.29, 0.717) is 25.8 Å². The van der Waals surface area contributed by atoms with Crippen molar-refractivity contribution in [3.05, 3.63) is 52.5 Å². The van der Waals surface area contributed by atoms with Gasteiger partial charge in [0.1, 0.15) is 17.1 Å². The zero-order valence-electron chi connectivity index (χ0n) is 39.8. The van der Waals surface area contributed by atoms with Crippen LogP contribution in [0.25, 0.3) is 0 Å². The highest BCUT2D eigenvalue weighted by molar-refractivity contribution is 7.09. The first-order valence-electron chi connectivity index (χ1n) is 22.4. The minimum absolute atomic E-state index is 0.00332. The zero-order valence-corrected chi connectivity index (χ0v) is 40.7. The van der Waals surface area contributed by atoms with Crippen LogP contribution in [0.2, 0.25) is 0 Å². The van der Waals surface area contributed by atoms with Crippen LogP contribution in [0.15, 0.2) is 41.9 Å². The summed E-state index contributed by atoms with van der Waals surface area (Å²) in [6.45, 7) is 17.9. The standard InChI is InChI=1S/C47H77N7O7S/c1-15-31(8)41(53(12)47(59)39(29(4)5)51-44(57)40(30(6)7)52(11)46(58)38(48-10)28(2)3)36(60-13)27-37(55)54-24-19-22-35(54)42(61-14)32(9)43(56)50-34(45-49-23-25-62-45)26-33-20-17-16-18-21-33/h16-18,20-21,23,25,28-32,34-36,38-42,48H,15,19,22,24,26-27H2,1-14H3,(H,50,56)(H,51,57)/t31-,32+,34-,35-,36-,38-,39-,40-,41-,42+/m0/s1. The molecule has 3 rings (SSSR count). The van der Waals surface area contributed by atoms with Crippen LogP contribution in [-0.4, -0.2) is 134 Å². The molecule has 1 aromatic carbocycles. The van der Waals surface area contributed by atoms with E-state index in [0.717, 1.165) is 17.0 Å². The number of aromatic nitrogens is 1. The number of carbonyl (C=O) groups excluding carboxylic acids is 5. The fourth-order valence-corrected chi connectivity index (χ4v) is 9.75. The average Bonchev–Trinajstić information content (AvgIpc) is 3.96. The summed E-state index contributed by atoms with van der Waals surface area (Å²) in [6, 6.07) is 6.63. The van der Waals surface area contributed by atoms with Crippen LogP contribution < -0.4 is 16.0 Å². The Morgan fingerprint density at radius 3 is 2.00 bits per heavy atom. The molecule has 3 N–H and O–H groups in total. The van der Waals surface area contributed by atoms with Crippen LogP contribution in [0.3, 0.4) is 0 Å². The maximum atomic E-state index is 14.6. The molecule has 0 unspecified atom stereocenters. The van der Waals surface area contributed by atoms with Gasteiger partial charge in [0.25, 0.3) is 0 Å². The van der Waals surface area contributed by atoms with E-state index in [4.69, 9.17) is 9.47 Å². The first-order valence-corrected chi connectivity index (χ1v) is 23.3. The van der Waals surface area contributed by atoms with Crippen LogP contribution in [0.1, 0.15) is 105 Å². The number of ether oxygens (including phenoxy) is 2. The van der Waals surface area contributed by atoms with E-state index < -0.39 is 48.2 Å². The van der Waals surface area contributed by atoms with Gasteiger partial charge in [0.2, 0.25) is 29.5 Å². The van der Waals surface area contributed by atoms with E-state index in [1.807, 2.05) is 103 Å². The number of benzene rings is 1. The lowest BCUT2D eigenvalue weighted by molar-refractivity contribution is -0.149. The number of hydrogen-bond acceptors (Lipinski definition) is 10. The lowest BCUT2D eigenvalue weighted by Crippen LogP contribution is -2.61. The first kappa shape index (κ1) is 52.4. The van der Waals surface area contributed by atoms with E-state index in [9.17, 15) is 24.0 Å². The number of rotatable bonds is 24. The molecule has 2 aromatic rings. The monoisotopic (exact) mass is 884 g/mol. The number of thiazole rings is 1. The topological polar surface area (TPSA) is 163 Å². The molecule has 1 aromatic heterocycles. The van der Waals surface area contributed by atoms with Crippen molar-refractivity contribution in [2.75, 3.05) is 41.9 Å². The fraction of sp³-hybridized carbons (Fsp3) is 0.702. The van der Waals surface area contributed by atoms with Crippen molar-refractivity contribution in [3.8, 4) is 0 Å². The van der Waals surface area contributed by atoms with Gasteiger partial charge in [-0.1, -0.05) is 99.1 Å². The molecule has 1 fully saturated rings. The second-order valence-electron chi connectivity index (χ2n) is 18.1. The minimum atomic E-state index is -0.900. The highest BCUT2D eigenvalue weighted by Crippen LogP contribution is 2.31. The molecule has 0 saturated carbocycles. The van der Waals surface area contributed by atoms with Crippen molar-refractivity contribution in [1.82, 2.24) is 35.6 Å². The Balaban J connectivity index is 1.81. The maximum Gasteiger partial charge on any atom is 0.245 e. The first-order chi connectivity index (χ1) is 29.3. The summed E-state index contributed by atoms with van der Waals surface area (Å²) in [5, 5.41) is 12.0. The predicted octanol–water partition coefficient (Wildman–Crippen LogP) is 5.33. The Kier molecular flexibility index (Phi) is 21.0. The van der Waals surface area contributed by atoms with Gasteiger partial charge in [-0.2, -0.15) is 0 Å². The van der Waals surface area contributed by atoms with E-state index in [2.05, 4.69) is 20.9 Å². The van der Waals surface area contributed by atoms with Crippen LogP contribution in [0, 0.1) is 29.6 Å². The molecule has 348 valence electrons. The summed E-state index contributed by atoms with van der Waals surface area (Å²) in [6.07, 6.45) is 3.22. The second kappa shape index (κ2) is 24.8. The Hall–Kier alpha value is -3.92. The SMILES string of the molecule is CC[C@H](C)[C@@H]([C@H](CC(=O)N1CCC[C@H]1[C@H](OC)[C@@H](C)C(=O)N[C@@H](Cc1ccccc1)c1nccs1)OC)N(C)C(=O)[C@@H](NC(=O)[C@H](C(C)C)N(C)C(=O)[C@@H](NC)C(C)C)C(C)C. The summed E-state index contributed by atoms with van der Waals surface area (Å²) in [5.74, 6) is -2.38. The molecule has 0 radical (unpaired) electrons. The van der Waals surface area contributed by atoms with E-state index in [1.54, 1.807) is 46.5 Å². The van der Waals surface area contributed by atoms with Crippen LogP contribution in [0.5, 0.6) is 0 Å². The quantitative estimate of drug-likeness (QED) is 0.127. The fourth-order valence-electron chi connectivity index (χ4n) is 9.06. The summed E-state index contributed by atoms with van der Waals surface area (Å²) < 4.78 is 12.1. The van der Waals surface area contributed by atoms with E-state index >= 15 is 0 Å². The zero-order chi connectivity index (χ0) is 46.4. The smallest absolute Gasteiger partial charge is 0.245 e. The van der Waals surface area contributed by atoms with Gasteiger partial charge >= 0.3 is 0 Å². The van der Waals surface area contributed by atoms with Gasteiger partial charge in [-0.3, -0.25) is 24.0 Å². The van der Waals surface area contributed by atoms with Crippen LogP contribution in [0.4, 0.5) is 0 Å². The third-order valence-corrected chi connectivity index (χ3v) is 13.6. The molecule has 10 atom stereocenters. The molecule has 2 heterocycles. The molecule has 1 aliphatic heterocycles. The van der Waals surface area contributed by atoms with Crippen molar-refractivity contribution in [2.45, 2.75) is 143 Å². The van der Waals surface area contributed by atoms with Crippen molar-refractivity contribution in [2.24, 2.45) is 29.6 Å². The van der Waals surface area contributed by atoms with Gasteiger partial charge < -0.3 is 40.1 Å². The van der Waals surface area contributed by atoms with Gasteiger partial charge in [-0.05, 0) is 55.5 Å². The van der Waals surface area contributed by atoms with Gasteiger partial charge in [-0.25, -0.2) is 4.98 Å². The molecule has 15 heteroatoms. The summed E-state index contributed by atoms with van der Waals surface area (Å²) >= 11 is 1.50. The maximum absolute atomic E-state index is 14.6. The molecule has 14 nitrogen and oxygen atoms in total. The Labute approximate surface area is 375 Å². The van der Waals surface area contributed by atoms with E-state index in [1.165, 1.54) is 16.2 Å². The molecular formula is C47H77N7O7S. The number of hydrogen-bond donors (Lipinski definition) is 3. The highest BCUT2D eigenvalue weighted by Gasteiger charge is 2.44. The third kappa shape index (κ3) is 13.3. The number of likely N-dealkylation sites (N-methyl/N-ethyl adjacent to an activating group) is 3. The third-order valence-electron chi connectivity index (χ3n) is 12.7. The van der Waals surface area contributed by atoms with Crippen molar-refractivity contribution < 1.29 is 33.4 Å². The molecule has 1 saturated heterocycles. The summed E-state index contributed by atoms with van der Waals surface area (Å²) in [4.78, 5) is 80.0. The molecule has 0 spiro atoms. The molecular weight excluding hydrogens is 807 g/mol. The average molecular weight is 884 g/mol. The largest absolute Gasteiger partial charge is 0.379 e. The van der Waals surface area contributed by atoms with Crippen LogP contribution in [-0.2, 0) is 39.9 Å². The minimum Gasteiger partial charge on any atom is -0.379 e. The lowest BCUT2D eigenvalue weighted by Gasteiger charge is -2.41. The Morgan fingerprint density at radius 1 is 0.855 bits per heavy atom. The normalized spacial score (nSPS) is 18.7. The summed E-state index contributed by atoms with van der Waals surface area (Å²) in [5.41, 5.74) is 1.08. The van der Waals surface area contributed by atoms with E-state index in [-0.39, 0.29) is 65.8 Å². The molecule has 1 aliphatic rings.